The number of carbonyl (C=O) groups excluding carboxylic acids is 1. The molecule has 5 heteroatoms. The molecule has 1 aliphatic rings. The summed E-state index contributed by atoms with van der Waals surface area (Å²) in [6.45, 7) is 4.70. The number of carbonyl (C=O) groups is 1. The second kappa shape index (κ2) is 6.33. The lowest BCUT2D eigenvalue weighted by Crippen LogP contribution is -2.57. The van der Waals surface area contributed by atoms with E-state index in [0.717, 1.165) is 13.0 Å². The molecule has 2 heterocycles. The van der Waals surface area contributed by atoms with Crippen LogP contribution in [0.4, 0.5) is 0 Å². The molecule has 0 bridgehead atoms. The molecule has 1 fully saturated rings. The third-order valence-corrected chi connectivity index (χ3v) is 3.75. The minimum Gasteiger partial charge on any atom is -0.363 e. The average Bonchev–Trinajstić information content (AvgIpc) is 2.45. The van der Waals surface area contributed by atoms with E-state index in [4.69, 9.17) is 4.74 Å². The fourth-order valence-electron chi connectivity index (χ4n) is 2.55. The van der Waals surface area contributed by atoms with Gasteiger partial charge >= 0.3 is 0 Å². The standard InChI is InChI=1S/C15H23N3O2/c1-15(12-17(2)10-11-20-15)14(19)18(3)9-6-13-4-7-16-8-5-13/h4-5,7-8H,6,9-12H2,1-3H3. The van der Waals surface area contributed by atoms with Crippen LogP contribution in [0.5, 0.6) is 0 Å². The Labute approximate surface area is 120 Å². The highest BCUT2D eigenvalue weighted by molar-refractivity contribution is 5.85. The molecule has 0 saturated carbocycles. The van der Waals surface area contributed by atoms with E-state index in [0.29, 0.717) is 19.7 Å². The highest BCUT2D eigenvalue weighted by Crippen LogP contribution is 2.19. The van der Waals surface area contributed by atoms with Gasteiger partial charge in [-0.05, 0) is 38.1 Å². The minimum atomic E-state index is -0.722. The van der Waals surface area contributed by atoms with Gasteiger partial charge in [0.25, 0.3) is 5.91 Å². The van der Waals surface area contributed by atoms with Crippen LogP contribution >= 0.6 is 0 Å². The topological polar surface area (TPSA) is 45.7 Å². The van der Waals surface area contributed by atoms with Crippen molar-refractivity contribution in [1.29, 1.82) is 0 Å². The molecule has 0 spiro atoms. The summed E-state index contributed by atoms with van der Waals surface area (Å²) in [5.41, 5.74) is 0.464. The van der Waals surface area contributed by atoms with E-state index >= 15 is 0 Å². The molecule has 1 aromatic heterocycles. The molecule has 0 aromatic carbocycles. The lowest BCUT2D eigenvalue weighted by atomic mass is 10.0. The van der Waals surface area contributed by atoms with Crippen LogP contribution in [0.15, 0.2) is 24.5 Å². The van der Waals surface area contributed by atoms with Crippen molar-refractivity contribution in [2.24, 2.45) is 0 Å². The lowest BCUT2D eigenvalue weighted by Gasteiger charge is -2.39. The summed E-state index contributed by atoms with van der Waals surface area (Å²) in [6, 6.07) is 3.95. The van der Waals surface area contributed by atoms with E-state index in [1.165, 1.54) is 5.56 Å². The summed E-state index contributed by atoms with van der Waals surface area (Å²) >= 11 is 0. The molecule has 1 amide bonds. The fourth-order valence-corrected chi connectivity index (χ4v) is 2.55. The van der Waals surface area contributed by atoms with Gasteiger partial charge in [0.15, 0.2) is 5.60 Å². The number of ether oxygens (including phenoxy) is 1. The van der Waals surface area contributed by atoms with Crippen LogP contribution in [-0.2, 0) is 16.0 Å². The van der Waals surface area contributed by atoms with E-state index in [1.54, 1.807) is 17.3 Å². The van der Waals surface area contributed by atoms with Crippen molar-refractivity contribution < 1.29 is 9.53 Å². The van der Waals surface area contributed by atoms with Crippen molar-refractivity contribution >= 4 is 5.91 Å². The third kappa shape index (κ3) is 3.55. The highest BCUT2D eigenvalue weighted by Gasteiger charge is 2.39. The lowest BCUT2D eigenvalue weighted by molar-refractivity contribution is -0.164. The van der Waals surface area contributed by atoms with Crippen molar-refractivity contribution in [3.63, 3.8) is 0 Å². The number of hydrogen-bond acceptors (Lipinski definition) is 4. The van der Waals surface area contributed by atoms with Crippen molar-refractivity contribution in [3.05, 3.63) is 30.1 Å². The van der Waals surface area contributed by atoms with Gasteiger partial charge in [-0.15, -0.1) is 0 Å². The van der Waals surface area contributed by atoms with Crippen molar-refractivity contribution in [2.75, 3.05) is 40.3 Å². The zero-order valence-electron chi connectivity index (χ0n) is 12.5. The second-order valence-corrected chi connectivity index (χ2v) is 5.65. The Morgan fingerprint density at radius 1 is 1.50 bits per heavy atom. The monoisotopic (exact) mass is 277 g/mol. The number of amides is 1. The Balaban J connectivity index is 1.91. The van der Waals surface area contributed by atoms with Crippen LogP contribution < -0.4 is 0 Å². The molecule has 1 saturated heterocycles. The summed E-state index contributed by atoms with van der Waals surface area (Å²) < 4.78 is 5.73. The molecular weight excluding hydrogens is 254 g/mol. The summed E-state index contributed by atoms with van der Waals surface area (Å²) in [6.07, 6.45) is 4.38. The highest BCUT2D eigenvalue weighted by atomic mass is 16.5. The molecule has 2 rings (SSSR count). The van der Waals surface area contributed by atoms with Gasteiger partial charge in [-0.2, -0.15) is 0 Å². The summed E-state index contributed by atoms with van der Waals surface area (Å²) in [7, 11) is 3.86. The van der Waals surface area contributed by atoms with Crippen LogP contribution in [0.2, 0.25) is 0 Å². The predicted octanol–water partition coefficient (Wildman–Crippen LogP) is 0.803. The number of hydrogen-bond donors (Lipinski definition) is 0. The van der Waals surface area contributed by atoms with Crippen LogP contribution in [-0.4, -0.2) is 66.6 Å². The van der Waals surface area contributed by atoms with Gasteiger partial charge in [0.2, 0.25) is 0 Å². The largest absolute Gasteiger partial charge is 0.363 e. The SMILES string of the molecule is CN1CCOC(C)(C(=O)N(C)CCc2ccncc2)C1. The zero-order valence-corrected chi connectivity index (χ0v) is 12.5. The first kappa shape index (κ1) is 14.9. The molecule has 0 N–H and O–H groups in total. The number of rotatable bonds is 4. The Kier molecular flexibility index (Phi) is 4.73. The maximum atomic E-state index is 12.5. The molecule has 1 unspecified atom stereocenters. The molecule has 5 nitrogen and oxygen atoms in total. The molecular formula is C15H23N3O2. The van der Waals surface area contributed by atoms with Gasteiger partial charge in [0.1, 0.15) is 0 Å². The molecule has 1 aliphatic heterocycles. The fraction of sp³-hybridized carbons (Fsp3) is 0.600. The van der Waals surface area contributed by atoms with Gasteiger partial charge in [-0.1, -0.05) is 0 Å². The summed E-state index contributed by atoms with van der Waals surface area (Å²) in [5.74, 6) is 0.0538. The third-order valence-electron chi connectivity index (χ3n) is 3.75. The first-order chi connectivity index (χ1) is 9.51. The predicted molar refractivity (Wildman–Crippen MR) is 77.4 cm³/mol. The first-order valence-electron chi connectivity index (χ1n) is 6.98. The Morgan fingerprint density at radius 2 is 2.20 bits per heavy atom. The van der Waals surface area contributed by atoms with Crippen LogP contribution in [0.1, 0.15) is 12.5 Å². The number of nitrogens with zero attached hydrogens (tertiary/aromatic N) is 3. The molecule has 0 aliphatic carbocycles. The summed E-state index contributed by atoms with van der Waals surface area (Å²) in [5, 5.41) is 0. The second-order valence-electron chi connectivity index (χ2n) is 5.65. The van der Waals surface area contributed by atoms with Crippen LogP contribution in [0.3, 0.4) is 0 Å². The molecule has 0 radical (unpaired) electrons. The zero-order chi connectivity index (χ0) is 14.6. The number of morpholine rings is 1. The van der Waals surface area contributed by atoms with Gasteiger partial charge in [0, 0.05) is 39.1 Å². The molecule has 110 valence electrons. The molecule has 20 heavy (non-hydrogen) atoms. The Hall–Kier alpha value is -1.46. The van der Waals surface area contributed by atoms with E-state index < -0.39 is 5.60 Å². The van der Waals surface area contributed by atoms with E-state index in [9.17, 15) is 4.79 Å². The maximum absolute atomic E-state index is 12.5. The summed E-state index contributed by atoms with van der Waals surface area (Å²) in [4.78, 5) is 20.4. The first-order valence-corrected chi connectivity index (χ1v) is 6.98. The van der Waals surface area contributed by atoms with Gasteiger partial charge in [0.05, 0.1) is 6.61 Å². The van der Waals surface area contributed by atoms with Crippen molar-refractivity contribution in [1.82, 2.24) is 14.8 Å². The van der Waals surface area contributed by atoms with E-state index in [-0.39, 0.29) is 5.91 Å². The normalized spacial score (nSPS) is 23.6. The Morgan fingerprint density at radius 3 is 2.85 bits per heavy atom. The molecule has 1 aromatic rings. The van der Waals surface area contributed by atoms with E-state index in [2.05, 4.69) is 9.88 Å². The van der Waals surface area contributed by atoms with Crippen molar-refractivity contribution in [3.8, 4) is 0 Å². The Bertz CT molecular complexity index is 452. The minimum absolute atomic E-state index is 0.0538. The van der Waals surface area contributed by atoms with E-state index in [1.807, 2.05) is 33.2 Å². The van der Waals surface area contributed by atoms with Gasteiger partial charge in [-0.25, -0.2) is 0 Å². The van der Waals surface area contributed by atoms with Gasteiger partial charge in [-0.3, -0.25) is 9.78 Å². The van der Waals surface area contributed by atoms with Gasteiger partial charge < -0.3 is 14.5 Å². The number of pyridine rings is 1. The quantitative estimate of drug-likeness (QED) is 0.817. The maximum Gasteiger partial charge on any atom is 0.255 e. The number of likely N-dealkylation sites (N-methyl/N-ethyl adjacent to an activating group) is 2. The van der Waals surface area contributed by atoms with Crippen LogP contribution in [0, 0.1) is 0 Å². The number of aromatic nitrogens is 1. The average molecular weight is 277 g/mol. The smallest absolute Gasteiger partial charge is 0.255 e. The van der Waals surface area contributed by atoms with Crippen molar-refractivity contribution in [2.45, 2.75) is 18.9 Å². The molecule has 1 atom stereocenters. The van der Waals surface area contributed by atoms with Crippen LogP contribution in [0.25, 0.3) is 0 Å².